The summed E-state index contributed by atoms with van der Waals surface area (Å²) < 4.78 is 10.8. The molecule has 2 heterocycles. The normalized spacial score (nSPS) is 27.8. The molecule has 0 fully saturated rings. The Morgan fingerprint density at radius 1 is 1.50 bits per heavy atom. The van der Waals surface area contributed by atoms with Crippen LogP contribution in [-0.4, -0.2) is 37.5 Å². The Balaban J connectivity index is 2.28. The zero-order valence-corrected chi connectivity index (χ0v) is 7.28. The molecule has 4 heteroatoms. The number of hydrogen-bond donors (Lipinski definition) is 0. The second kappa shape index (κ2) is 2.69. The molecule has 0 N–H and O–H groups in total. The Hall–Kier alpha value is -1.19. The van der Waals surface area contributed by atoms with Crippen LogP contribution in [0.5, 0.6) is 0 Å². The van der Waals surface area contributed by atoms with Crippen LogP contribution in [0.25, 0.3) is 0 Å². The smallest absolute Gasteiger partial charge is 0.256 e. The molecule has 0 aliphatic carbocycles. The van der Waals surface area contributed by atoms with Crippen LogP contribution in [-0.2, 0) is 9.47 Å². The van der Waals surface area contributed by atoms with Crippen LogP contribution in [0.2, 0.25) is 0 Å². The van der Waals surface area contributed by atoms with E-state index >= 15 is 0 Å². The van der Waals surface area contributed by atoms with E-state index in [0.717, 1.165) is 5.76 Å². The van der Waals surface area contributed by atoms with Crippen molar-refractivity contribution in [3.63, 3.8) is 0 Å². The van der Waals surface area contributed by atoms with Crippen molar-refractivity contribution in [2.75, 3.05) is 20.3 Å². The zero-order chi connectivity index (χ0) is 8.55. The maximum absolute atomic E-state index is 5.46. The second-order valence-corrected chi connectivity index (χ2v) is 2.95. The average Bonchev–Trinajstić information content (AvgIpc) is 2.12. The van der Waals surface area contributed by atoms with E-state index in [9.17, 15) is 0 Å². The molecular formula is C8H12N2O2. The van der Waals surface area contributed by atoms with Gasteiger partial charge in [0.05, 0.1) is 12.4 Å². The second-order valence-electron chi connectivity index (χ2n) is 2.95. The van der Waals surface area contributed by atoms with Gasteiger partial charge in [0, 0.05) is 7.05 Å². The molecule has 1 unspecified atom stereocenters. The standard InChI is InChI=1S/C8H12N2O2/c1-6-7-8(9-5-10(6)2)12-4-3-11-7/h5-6H,3-4H2,1-2H3. The molecule has 4 nitrogen and oxygen atoms in total. The highest BCUT2D eigenvalue weighted by molar-refractivity contribution is 5.59. The first-order valence-electron chi connectivity index (χ1n) is 4.05. The minimum Gasteiger partial charge on any atom is -0.487 e. The number of aliphatic imine (C=N–C) groups is 1. The summed E-state index contributed by atoms with van der Waals surface area (Å²) in [6.45, 7) is 3.30. The van der Waals surface area contributed by atoms with Gasteiger partial charge in [-0.25, -0.2) is 4.99 Å². The van der Waals surface area contributed by atoms with Crippen molar-refractivity contribution in [3.8, 4) is 0 Å². The van der Waals surface area contributed by atoms with Crippen molar-refractivity contribution in [1.82, 2.24) is 4.90 Å². The minimum atomic E-state index is 0.234. The van der Waals surface area contributed by atoms with Gasteiger partial charge in [0.1, 0.15) is 13.2 Å². The molecule has 0 saturated carbocycles. The molecule has 1 atom stereocenters. The van der Waals surface area contributed by atoms with Gasteiger partial charge in [0.2, 0.25) is 0 Å². The van der Waals surface area contributed by atoms with Crippen LogP contribution >= 0.6 is 0 Å². The van der Waals surface area contributed by atoms with Crippen LogP contribution in [0.1, 0.15) is 6.92 Å². The fraction of sp³-hybridized carbons (Fsp3) is 0.625. The van der Waals surface area contributed by atoms with Crippen molar-refractivity contribution in [2.24, 2.45) is 4.99 Å². The fourth-order valence-corrected chi connectivity index (χ4v) is 1.25. The van der Waals surface area contributed by atoms with E-state index < -0.39 is 0 Å². The van der Waals surface area contributed by atoms with E-state index in [-0.39, 0.29) is 6.04 Å². The summed E-state index contributed by atoms with van der Waals surface area (Å²) in [6, 6.07) is 0.234. The SMILES string of the molecule is CC1C2=C(N=CN1C)OCCO2. The molecule has 2 aliphatic heterocycles. The van der Waals surface area contributed by atoms with Gasteiger partial charge in [-0.1, -0.05) is 0 Å². The van der Waals surface area contributed by atoms with Crippen LogP contribution in [0, 0.1) is 0 Å². The summed E-state index contributed by atoms with van der Waals surface area (Å²) in [5.74, 6) is 1.50. The summed E-state index contributed by atoms with van der Waals surface area (Å²) >= 11 is 0. The maximum atomic E-state index is 5.46. The van der Waals surface area contributed by atoms with Crippen LogP contribution in [0.4, 0.5) is 0 Å². The van der Waals surface area contributed by atoms with Gasteiger partial charge in [-0.3, -0.25) is 0 Å². The van der Waals surface area contributed by atoms with E-state index in [1.165, 1.54) is 0 Å². The number of ether oxygens (including phenoxy) is 2. The van der Waals surface area contributed by atoms with Gasteiger partial charge < -0.3 is 14.4 Å². The van der Waals surface area contributed by atoms with Gasteiger partial charge in [0.25, 0.3) is 5.88 Å². The Labute approximate surface area is 71.5 Å². The van der Waals surface area contributed by atoms with Crippen molar-refractivity contribution in [2.45, 2.75) is 13.0 Å². The summed E-state index contributed by atoms with van der Waals surface area (Å²) in [5, 5.41) is 0. The summed E-state index contributed by atoms with van der Waals surface area (Å²) in [5.41, 5.74) is 0. The van der Waals surface area contributed by atoms with Crippen molar-refractivity contribution in [1.29, 1.82) is 0 Å². The van der Waals surface area contributed by atoms with Gasteiger partial charge in [-0.2, -0.15) is 0 Å². The largest absolute Gasteiger partial charge is 0.487 e. The maximum Gasteiger partial charge on any atom is 0.256 e. The minimum absolute atomic E-state index is 0.234. The Morgan fingerprint density at radius 2 is 2.25 bits per heavy atom. The highest BCUT2D eigenvalue weighted by Crippen LogP contribution is 2.23. The number of nitrogens with zero attached hydrogens (tertiary/aromatic N) is 2. The molecule has 0 spiro atoms. The first kappa shape index (κ1) is 7.46. The highest BCUT2D eigenvalue weighted by atomic mass is 16.6. The predicted molar refractivity (Wildman–Crippen MR) is 44.6 cm³/mol. The first-order valence-corrected chi connectivity index (χ1v) is 4.05. The molecule has 0 aromatic carbocycles. The topological polar surface area (TPSA) is 34.1 Å². The van der Waals surface area contributed by atoms with Crippen LogP contribution < -0.4 is 0 Å². The van der Waals surface area contributed by atoms with E-state index in [1.54, 1.807) is 6.34 Å². The Bertz CT molecular complexity index is 247. The van der Waals surface area contributed by atoms with E-state index in [2.05, 4.69) is 11.9 Å². The average molecular weight is 168 g/mol. The van der Waals surface area contributed by atoms with Crippen molar-refractivity contribution in [3.05, 3.63) is 11.6 Å². The molecule has 12 heavy (non-hydrogen) atoms. The lowest BCUT2D eigenvalue weighted by molar-refractivity contribution is 0.0402. The van der Waals surface area contributed by atoms with Gasteiger partial charge in [0.15, 0.2) is 5.76 Å². The molecule has 0 saturated heterocycles. The number of hydrogen-bond acceptors (Lipinski definition) is 4. The third-order valence-corrected chi connectivity index (χ3v) is 2.14. The third-order valence-electron chi connectivity index (χ3n) is 2.14. The van der Waals surface area contributed by atoms with E-state index in [4.69, 9.17) is 9.47 Å². The van der Waals surface area contributed by atoms with Crippen LogP contribution in [0.3, 0.4) is 0 Å². The number of likely N-dealkylation sites (N-methyl/N-ethyl adjacent to an activating group) is 1. The Morgan fingerprint density at radius 3 is 3.08 bits per heavy atom. The molecule has 2 rings (SSSR count). The fourth-order valence-electron chi connectivity index (χ4n) is 1.25. The molecule has 2 aliphatic rings. The number of rotatable bonds is 0. The zero-order valence-electron chi connectivity index (χ0n) is 7.28. The monoisotopic (exact) mass is 168 g/mol. The molecule has 0 amide bonds. The molecule has 66 valence electrons. The molecule has 0 radical (unpaired) electrons. The summed E-state index contributed by atoms with van der Waals surface area (Å²) in [7, 11) is 1.97. The van der Waals surface area contributed by atoms with Crippen LogP contribution in [0.15, 0.2) is 16.6 Å². The summed E-state index contributed by atoms with van der Waals surface area (Å²) in [6.07, 6.45) is 1.76. The first-order chi connectivity index (χ1) is 5.79. The predicted octanol–water partition coefficient (Wildman–Crippen LogP) is 0.564. The van der Waals surface area contributed by atoms with E-state index in [0.29, 0.717) is 19.1 Å². The molecule has 0 aromatic heterocycles. The molecule has 0 bridgehead atoms. The Kier molecular flexibility index (Phi) is 1.67. The van der Waals surface area contributed by atoms with Gasteiger partial charge in [-0.05, 0) is 6.92 Å². The van der Waals surface area contributed by atoms with Crippen molar-refractivity contribution >= 4 is 6.34 Å². The quantitative estimate of drug-likeness (QED) is 0.530. The van der Waals surface area contributed by atoms with Gasteiger partial charge >= 0.3 is 0 Å². The molecular weight excluding hydrogens is 156 g/mol. The highest BCUT2D eigenvalue weighted by Gasteiger charge is 2.26. The van der Waals surface area contributed by atoms with Gasteiger partial charge in [-0.15, -0.1) is 0 Å². The lowest BCUT2D eigenvalue weighted by Gasteiger charge is -2.31. The third kappa shape index (κ3) is 1.03. The van der Waals surface area contributed by atoms with Crippen molar-refractivity contribution < 1.29 is 9.47 Å². The lowest BCUT2D eigenvalue weighted by atomic mass is 10.2. The molecule has 0 aromatic rings. The van der Waals surface area contributed by atoms with E-state index in [1.807, 2.05) is 11.9 Å². The summed E-state index contributed by atoms with van der Waals surface area (Å²) in [4.78, 5) is 6.11. The lowest BCUT2D eigenvalue weighted by Crippen LogP contribution is -2.36.